The van der Waals surface area contributed by atoms with Crippen LogP contribution in [0.25, 0.3) is 66.7 Å². The van der Waals surface area contributed by atoms with E-state index in [-0.39, 0.29) is 216 Å². The van der Waals surface area contributed by atoms with Crippen molar-refractivity contribution in [2.24, 2.45) is 11.5 Å². The van der Waals surface area contributed by atoms with Crippen molar-refractivity contribution in [2.75, 3.05) is 46.6 Å². The minimum Gasteiger partial charge on any atom is -1.00 e. The maximum absolute atomic E-state index is 14.1. The molecule has 11 heterocycles. The van der Waals surface area contributed by atoms with Crippen LogP contribution in [0.15, 0.2) is 235 Å². The number of pyridine rings is 5. The fourth-order valence-corrected chi connectivity index (χ4v) is 12.9. The second kappa shape index (κ2) is 52.0. The molecule has 0 aliphatic carbocycles. The number of primary amides is 1. The first-order valence-corrected chi connectivity index (χ1v) is 40.1. The molecule has 47 heteroatoms. The van der Waals surface area contributed by atoms with Gasteiger partial charge in [-0.2, -0.15) is 43.1 Å². The van der Waals surface area contributed by atoms with Gasteiger partial charge < -0.3 is 49.7 Å². The number of nitrogens with zero attached hydrogens (tertiary/aromatic N) is 20. The summed E-state index contributed by atoms with van der Waals surface area (Å²) in [5, 5.41) is 74.1. The van der Waals surface area contributed by atoms with Gasteiger partial charge in [0.25, 0.3) is 12.4 Å². The van der Waals surface area contributed by atoms with Crippen LogP contribution in [0, 0.1) is 62.6 Å². The summed E-state index contributed by atoms with van der Waals surface area (Å²) >= 11 is 0. The van der Waals surface area contributed by atoms with Gasteiger partial charge in [-0.15, -0.1) is 12.4 Å². The Kier molecular flexibility index (Phi) is 43.8. The summed E-state index contributed by atoms with van der Waals surface area (Å²) in [6.45, 7) is 0.914. The number of nitrogens with one attached hydrogen (secondary N) is 2. The molecule has 0 bridgehead atoms. The van der Waals surface area contributed by atoms with Gasteiger partial charge in [-0.05, 0) is 91.0 Å². The summed E-state index contributed by atoms with van der Waals surface area (Å²) in [5.74, 6) is -2.35. The zero-order valence-corrected chi connectivity index (χ0v) is 79.5. The molecule has 130 heavy (non-hydrogen) atoms. The quantitative estimate of drug-likeness (QED) is 0.00950. The fourth-order valence-electron chi connectivity index (χ4n) is 11.7. The Hall–Kier alpha value is -12.8. The molecule has 0 aliphatic rings. The molecule has 658 valence electrons. The normalized spacial score (nSPS) is 10.4. The average Bonchev–Trinajstić information content (AvgIpc) is 1.51. The molecule has 0 saturated heterocycles. The van der Waals surface area contributed by atoms with Crippen LogP contribution in [0.5, 0.6) is 0 Å². The van der Waals surface area contributed by atoms with Gasteiger partial charge in [0.2, 0.25) is 5.90 Å². The number of anilines is 1. The number of aromatic nitrogens is 17. The summed E-state index contributed by atoms with van der Waals surface area (Å²) in [4.78, 5) is 53.2. The maximum Gasteiger partial charge on any atom is 1.00 e. The van der Waals surface area contributed by atoms with Gasteiger partial charge >= 0.3 is 88.7 Å². The van der Waals surface area contributed by atoms with Crippen molar-refractivity contribution in [1.82, 2.24) is 94.8 Å². The van der Waals surface area contributed by atoms with Crippen molar-refractivity contribution in [3.63, 3.8) is 0 Å². The number of methoxy groups -OCH3 is 1. The van der Waals surface area contributed by atoms with E-state index in [0.29, 0.717) is 106 Å². The van der Waals surface area contributed by atoms with Gasteiger partial charge in [-0.3, -0.25) is 20.4 Å². The number of nitrogen functional groups attached to an aromatic ring is 2. The number of hydrogen-bond donors (Lipinski definition) is 6. The minimum absolute atomic E-state index is 0. The monoisotopic (exact) mass is 1860 g/mol. The number of fused-ring (bicyclic) bond motifs is 5. The van der Waals surface area contributed by atoms with Crippen LogP contribution >= 0.6 is 12.4 Å². The van der Waals surface area contributed by atoms with Gasteiger partial charge in [0, 0.05) is 91.6 Å². The van der Waals surface area contributed by atoms with Crippen molar-refractivity contribution in [3.05, 3.63) is 310 Å². The van der Waals surface area contributed by atoms with Gasteiger partial charge in [-0.25, -0.2) is 97.1 Å². The molecule has 0 saturated carbocycles. The summed E-state index contributed by atoms with van der Waals surface area (Å²) < 4.78 is 127. The minimum atomic E-state index is -3.54. The second-order valence-corrected chi connectivity index (χ2v) is 30.0. The number of allylic oxidation sites excluding steroid dienone is 1. The van der Waals surface area contributed by atoms with E-state index in [1.54, 1.807) is 215 Å². The molecule has 0 unspecified atom stereocenters. The standard InChI is InChI=1S/C18H15FN6O2S.C15H13FN4O.C14H12FN5.C14H11FN4O.C14H9FN4.C6H10N2O2S.CH2O3.CH3O.ClH.H3N.3Na.H/c1-28(26,27)14-9-22-17(23-16(14)20)15-12-6-4-8-21-18(12)25(24-15)10-11-5-2-3-7-13(11)19;1-21-14(17)13-11-6-4-8-18-15(11)20(19-13)9-10-5-2-3-7-12(10)16;15-11-6-2-1-4-9(11)8-20-14-10(5-3-7-18-14)12(19-20)13(16)17;15-11-6-2-1-4-9(11)8-19-14-10(5-3-7-17-14)12(18-19)13(16)20;15-12-6-2-1-4-10(12)9-19-14-11(5-3-7-17-14)13(8-16)18-19;1-8(2)5-6(4-7)11(3,9)10;2-1-4-3;1-2;;;;;;/h2-9H,10H2,1H3,(H2,20,22,23);2-8,17H,9H2,1H3;1-7H,8H2,(H3,16,17);1-7H,8H2,(H2,16,20);1-7H,9H2;5H,1-3H3;1,3H;1H3;1H;1H3;;;;/q;;;;;;;-1;;;3*+1;-1/p-1/b;;;;;6-5+;;;;;;;;. The summed E-state index contributed by atoms with van der Waals surface area (Å²) in [6.07, 6.45) is 12.6. The third kappa shape index (κ3) is 28.6. The number of nitriles is 2. The van der Waals surface area contributed by atoms with E-state index in [9.17, 15) is 43.6 Å². The van der Waals surface area contributed by atoms with E-state index in [1.165, 1.54) is 53.2 Å². The van der Waals surface area contributed by atoms with Gasteiger partial charge in [0.1, 0.15) is 69.2 Å². The summed E-state index contributed by atoms with van der Waals surface area (Å²) in [5.41, 5.74) is 23.5. The average molecular weight is 1860 g/mol. The van der Waals surface area contributed by atoms with Crippen LogP contribution in [-0.4, -0.2) is 170 Å². The maximum atomic E-state index is 14.1. The Labute approximate surface area is 813 Å². The summed E-state index contributed by atoms with van der Waals surface area (Å²) in [6, 6.07) is 53.6. The number of rotatable bonds is 18. The van der Waals surface area contributed by atoms with Crippen LogP contribution in [0.3, 0.4) is 0 Å². The van der Waals surface area contributed by atoms with Gasteiger partial charge in [-0.1, -0.05) is 91.0 Å². The zero-order chi connectivity index (χ0) is 90.7. The molecule has 11 N–H and O–H groups in total. The number of halogens is 6. The topological polar surface area (TPSA) is 558 Å². The number of hydrogen-bond acceptors (Lipinski definition) is 29. The zero-order valence-electron chi connectivity index (χ0n) is 72.1. The number of amides is 1. The first kappa shape index (κ1) is 110. The van der Waals surface area contributed by atoms with Crippen LogP contribution < -0.4 is 122 Å². The molecule has 0 atom stereocenters. The van der Waals surface area contributed by atoms with E-state index in [2.05, 4.69) is 65.3 Å². The van der Waals surface area contributed by atoms with Crippen molar-refractivity contribution in [3.8, 4) is 23.7 Å². The van der Waals surface area contributed by atoms with Crippen molar-refractivity contribution >= 4 is 117 Å². The molecule has 1 amide bonds. The molecule has 0 fully saturated rings. The first-order valence-electron chi connectivity index (χ1n) is 36.3. The predicted octanol–water partition coefficient (Wildman–Crippen LogP) is -0.160. The molecule has 16 rings (SSSR count). The molecule has 5 aromatic carbocycles. The number of carbonyl (C=O) groups is 2. The molecule has 16 aromatic rings. The number of amidine groups is 1. The largest absolute Gasteiger partial charge is 1.00 e. The predicted molar refractivity (Wildman–Crippen MR) is 460 cm³/mol. The number of nitrogens with two attached hydrogens (primary N) is 3. The van der Waals surface area contributed by atoms with Crippen molar-refractivity contribution in [1.29, 1.82) is 21.3 Å². The Morgan fingerprint density at radius 2 is 0.831 bits per heavy atom. The number of benzene rings is 5. The SMILES string of the molecule is CN(C)/C=C(\C#N)S(C)(=O)=O.COC(=N)c1nn(Cc2ccccc2F)c2ncccc12.CS(=O)(=O)c1cnc(-c2nn(Cc3ccccc3F)c3ncccc23)nc1N.C[O-].Cl.N.N#Cc1nn(Cc2ccccc2F)c2ncccc12.N=C(N)c1nn(Cc2ccccc2F)c2ncccc12.NC(=O)c1nn(Cc2ccccc2F)c2ncccc12.O=CO[O-].[H-].[Na+].[Na+].[Na+]. The third-order valence-corrected chi connectivity index (χ3v) is 19.4. The second-order valence-electron chi connectivity index (χ2n) is 26.0. The van der Waals surface area contributed by atoms with Crippen LogP contribution in [-0.2, 0) is 66.8 Å². The van der Waals surface area contributed by atoms with Crippen LogP contribution in [0.4, 0.5) is 27.8 Å². The van der Waals surface area contributed by atoms with E-state index < -0.39 is 25.6 Å². The van der Waals surface area contributed by atoms with Gasteiger partial charge in [0.05, 0.1) is 73.0 Å². The Bertz CT molecular complexity index is 6840. The van der Waals surface area contributed by atoms with E-state index >= 15 is 0 Å². The Morgan fingerprint density at radius 1 is 0.515 bits per heavy atom. The molecule has 11 aromatic heterocycles. The molecule has 36 nitrogen and oxygen atoms in total. The van der Waals surface area contributed by atoms with E-state index in [4.69, 9.17) is 58.4 Å². The van der Waals surface area contributed by atoms with Crippen molar-refractivity contribution < 1.29 is 158 Å². The number of carbonyl (C=O) groups excluding carboxylic acids is 2. The van der Waals surface area contributed by atoms with Gasteiger partial charge in [0.15, 0.2) is 75.7 Å². The first-order chi connectivity index (χ1) is 60.0. The smallest absolute Gasteiger partial charge is 1.00 e. The van der Waals surface area contributed by atoms with E-state index in [1.807, 2.05) is 12.1 Å². The van der Waals surface area contributed by atoms with Crippen LogP contribution in [0.2, 0.25) is 0 Å². The molecule has 0 aliphatic heterocycles. The van der Waals surface area contributed by atoms with Crippen LogP contribution in [0.1, 0.15) is 56.8 Å². The van der Waals surface area contributed by atoms with E-state index in [0.717, 1.165) is 25.8 Å². The van der Waals surface area contributed by atoms with Crippen molar-refractivity contribution in [2.45, 2.75) is 37.6 Å². The number of ether oxygens (including phenoxy) is 1. The molecule has 0 radical (unpaired) electrons. The molecular formula is C83H79ClF5N26Na3O10S2. The third-order valence-electron chi connectivity index (χ3n) is 17.3. The number of sulfone groups is 2. The summed E-state index contributed by atoms with van der Waals surface area (Å²) in [7, 11) is -1.42. The Morgan fingerprint density at radius 3 is 1.14 bits per heavy atom. The Balaban J connectivity index is 0.000000402. The molecular weight excluding hydrogens is 1780 g/mol. The molecule has 0 spiro atoms. The fraction of sp³-hybridized carbons (Fsp3) is 0.133.